The van der Waals surface area contributed by atoms with E-state index in [1.165, 1.54) is 24.2 Å². The number of hydrogen-bond acceptors (Lipinski definition) is 4. The minimum absolute atomic E-state index is 0.326. The Kier molecular flexibility index (Phi) is 2.70. The van der Waals surface area contributed by atoms with Gasteiger partial charge in [-0.25, -0.2) is 4.68 Å². The number of primary amides is 1. The van der Waals surface area contributed by atoms with Crippen molar-refractivity contribution < 1.29 is 9.53 Å². The smallest absolute Gasteiger partial charge is 0.251 e. The quantitative estimate of drug-likeness (QED) is 0.756. The van der Waals surface area contributed by atoms with Crippen LogP contribution in [0.2, 0.25) is 0 Å². The average Bonchev–Trinajstić information content (AvgIpc) is 2.78. The molecule has 1 amide bonds. The first kappa shape index (κ1) is 11.0. The van der Waals surface area contributed by atoms with Crippen LogP contribution >= 0.6 is 0 Å². The predicted molar refractivity (Wildman–Crippen MR) is 63.0 cm³/mol. The van der Waals surface area contributed by atoms with E-state index in [0.717, 1.165) is 0 Å². The van der Waals surface area contributed by atoms with Crippen LogP contribution in [0.5, 0.6) is 5.75 Å². The number of nitrogens with two attached hydrogens (primary N) is 2. The van der Waals surface area contributed by atoms with Gasteiger partial charge in [-0.1, -0.05) is 6.07 Å². The van der Waals surface area contributed by atoms with Crippen LogP contribution in [0.1, 0.15) is 10.4 Å². The van der Waals surface area contributed by atoms with Crippen LogP contribution in [-0.2, 0) is 0 Å². The molecule has 2 rings (SSSR count). The lowest BCUT2D eigenvalue weighted by Gasteiger charge is -2.09. The number of carbonyl (C=O) groups is 1. The van der Waals surface area contributed by atoms with Gasteiger partial charge >= 0.3 is 0 Å². The molecule has 0 saturated carbocycles. The zero-order valence-electron chi connectivity index (χ0n) is 9.25. The minimum atomic E-state index is -0.530. The number of carbonyl (C=O) groups excluding carboxylic acids is 1. The van der Waals surface area contributed by atoms with Crippen LogP contribution in [0.15, 0.2) is 30.6 Å². The van der Waals surface area contributed by atoms with Gasteiger partial charge in [-0.3, -0.25) is 4.79 Å². The summed E-state index contributed by atoms with van der Waals surface area (Å²) in [6, 6.07) is 5.31. The number of benzene rings is 1. The Labute approximate surface area is 97.8 Å². The van der Waals surface area contributed by atoms with Gasteiger partial charge in [-0.2, -0.15) is 5.10 Å². The van der Waals surface area contributed by atoms with E-state index >= 15 is 0 Å². The molecule has 0 fully saturated rings. The molecule has 1 aromatic heterocycles. The van der Waals surface area contributed by atoms with Crippen molar-refractivity contribution in [2.75, 3.05) is 12.8 Å². The summed E-state index contributed by atoms with van der Waals surface area (Å²) in [6.07, 6.45) is 2.91. The van der Waals surface area contributed by atoms with E-state index in [0.29, 0.717) is 22.7 Å². The van der Waals surface area contributed by atoms with Gasteiger partial charge in [0, 0.05) is 6.20 Å². The Morgan fingerprint density at radius 1 is 1.47 bits per heavy atom. The molecule has 4 N–H and O–H groups in total. The van der Waals surface area contributed by atoms with Gasteiger partial charge in [0.15, 0.2) is 0 Å². The highest BCUT2D eigenvalue weighted by atomic mass is 16.5. The Bertz CT molecular complexity index is 562. The second kappa shape index (κ2) is 4.17. The summed E-state index contributed by atoms with van der Waals surface area (Å²) in [6.45, 7) is 0. The van der Waals surface area contributed by atoms with E-state index in [-0.39, 0.29) is 0 Å². The monoisotopic (exact) mass is 232 g/mol. The Hall–Kier alpha value is -2.50. The molecule has 88 valence electrons. The van der Waals surface area contributed by atoms with Crippen molar-refractivity contribution in [3.63, 3.8) is 0 Å². The molecule has 1 heterocycles. The van der Waals surface area contributed by atoms with Crippen molar-refractivity contribution in [1.82, 2.24) is 9.78 Å². The van der Waals surface area contributed by atoms with Gasteiger partial charge in [0.2, 0.25) is 0 Å². The zero-order valence-corrected chi connectivity index (χ0v) is 9.25. The van der Waals surface area contributed by atoms with Crippen LogP contribution in [0.3, 0.4) is 0 Å². The van der Waals surface area contributed by atoms with E-state index in [1.54, 1.807) is 18.2 Å². The maximum absolute atomic E-state index is 11.0. The van der Waals surface area contributed by atoms with Crippen molar-refractivity contribution in [2.45, 2.75) is 0 Å². The second-order valence-electron chi connectivity index (χ2n) is 3.43. The van der Waals surface area contributed by atoms with E-state index in [9.17, 15) is 4.79 Å². The molecule has 0 radical (unpaired) electrons. The molecule has 0 aliphatic carbocycles. The first-order valence-electron chi connectivity index (χ1n) is 4.91. The molecule has 0 spiro atoms. The number of methoxy groups -OCH3 is 1. The summed E-state index contributed by atoms with van der Waals surface area (Å²) in [4.78, 5) is 11.0. The Morgan fingerprint density at radius 2 is 2.24 bits per heavy atom. The van der Waals surface area contributed by atoms with Gasteiger partial charge in [0.25, 0.3) is 5.91 Å². The number of hydrogen-bond donors (Lipinski definition) is 2. The number of rotatable bonds is 3. The van der Waals surface area contributed by atoms with Gasteiger partial charge in [-0.05, 0) is 12.1 Å². The van der Waals surface area contributed by atoms with Crippen LogP contribution in [0.4, 0.5) is 5.69 Å². The van der Waals surface area contributed by atoms with E-state index in [4.69, 9.17) is 16.2 Å². The fourth-order valence-corrected chi connectivity index (χ4v) is 1.49. The van der Waals surface area contributed by atoms with Crippen molar-refractivity contribution in [2.24, 2.45) is 5.73 Å². The third-order valence-electron chi connectivity index (χ3n) is 2.38. The number of para-hydroxylation sites is 1. The van der Waals surface area contributed by atoms with Crippen LogP contribution in [0.25, 0.3) is 5.69 Å². The molecule has 0 bridgehead atoms. The third-order valence-corrected chi connectivity index (χ3v) is 2.38. The number of aromatic nitrogens is 2. The molecule has 0 unspecified atom stereocenters. The summed E-state index contributed by atoms with van der Waals surface area (Å²) in [5, 5.41) is 4.02. The van der Waals surface area contributed by atoms with Crippen molar-refractivity contribution in [3.8, 4) is 11.4 Å². The van der Waals surface area contributed by atoms with Crippen molar-refractivity contribution >= 4 is 11.6 Å². The molecular weight excluding hydrogens is 220 g/mol. The van der Waals surface area contributed by atoms with Crippen LogP contribution in [0, 0.1) is 0 Å². The lowest BCUT2D eigenvalue weighted by molar-refractivity contribution is 0.100. The molecule has 0 aliphatic heterocycles. The third kappa shape index (κ3) is 1.92. The lowest BCUT2D eigenvalue weighted by Crippen LogP contribution is -2.09. The van der Waals surface area contributed by atoms with Crippen molar-refractivity contribution in [1.29, 1.82) is 0 Å². The van der Waals surface area contributed by atoms with Gasteiger partial charge in [0.1, 0.15) is 11.4 Å². The molecule has 6 heteroatoms. The number of anilines is 1. The van der Waals surface area contributed by atoms with Crippen LogP contribution in [-0.4, -0.2) is 22.8 Å². The fraction of sp³-hybridized carbons (Fsp3) is 0.0909. The first-order chi connectivity index (χ1) is 8.13. The molecule has 1 aromatic carbocycles. The maximum Gasteiger partial charge on any atom is 0.251 e. The second-order valence-corrected chi connectivity index (χ2v) is 3.43. The highest BCUT2D eigenvalue weighted by Gasteiger charge is 2.10. The van der Waals surface area contributed by atoms with Crippen molar-refractivity contribution in [3.05, 3.63) is 36.2 Å². The molecule has 0 atom stereocenters. The summed E-state index contributed by atoms with van der Waals surface area (Å²) < 4.78 is 6.59. The fourth-order valence-electron chi connectivity index (χ4n) is 1.49. The van der Waals surface area contributed by atoms with E-state index in [2.05, 4.69) is 5.10 Å². The summed E-state index contributed by atoms with van der Waals surface area (Å²) >= 11 is 0. The molecule has 17 heavy (non-hydrogen) atoms. The molecular formula is C11H12N4O2. The zero-order chi connectivity index (χ0) is 12.4. The number of nitrogen functional groups attached to an aromatic ring is 1. The Balaban J connectivity index is 2.49. The Morgan fingerprint density at radius 3 is 2.82 bits per heavy atom. The average molecular weight is 232 g/mol. The van der Waals surface area contributed by atoms with Gasteiger partial charge in [0.05, 0.1) is 24.6 Å². The predicted octanol–water partition coefficient (Wildman–Crippen LogP) is 0.562. The van der Waals surface area contributed by atoms with E-state index < -0.39 is 5.91 Å². The molecule has 0 aliphatic rings. The lowest BCUT2D eigenvalue weighted by atomic mass is 10.2. The summed E-state index contributed by atoms with van der Waals surface area (Å²) in [5.74, 6) is 0.0244. The van der Waals surface area contributed by atoms with E-state index in [1.807, 2.05) is 0 Å². The maximum atomic E-state index is 11.0. The summed E-state index contributed by atoms with van der Waals surface area (Å²) in [7, 11) is 1.54. The van der Waals surface area contributed by atoms with Gasteiger partial charge < -0.3 is 16.2 Å². The minimum Gasteiger partial charge on any atom is -0.495 e. The number of amides is 1. The number of nitrogens with zero attached hydrogens (tertiary/aromatic N) is 2. The summed E-state index contributed by atoms with van der Waals surface area (Å²) in [5.41, 5.74) is 12.5. The van der Waals surface area contributed by atoms with Crippen LogP contribution < -0.4 is 16.2 Å². The highest BCUT2D eigenvalue weighted by Crippen LogP contribution is 2.27. The normalized spacial score (nSPS) is 10.2. The number of ether oxygens (including phenoxy) is 1. The molecule has 2 aromatic rings. The largest absolute Gasteiger partial charge is 0.495 e. The molecule has 0 saturated heterocycles. The van der Waals surface area contributed by atoms with Gasteiger partial charge in [-0.15, -0.1) is 0 Å². The highest BCUT2D eigenvalue weighted by molar-refractivity contribution is 5.92. The first-order valence-corrected chi connectivity index (χ1v) is 4.91. The SMILES string of the molecule is COc1cccc(-n2cc(C(N)=O)cn2)c1N. The molecule has 6 nitrogen and oxygen atoms in total. The topological polar surface area (TPSA) is 96.2 Å². The standard InChI is InChI=1S/C11H12N4O2/c1-17-9-4-2-3-8(10(9)12)15-6-7(5-14-15)11(13)16/h2-6H,12H2,1H3,(H2,13,16).